The highest BCUT2D eigenvalue weighted by Gasteiger charge is 1.91. The van der Waals surface area contributed by atoms with Crippen molar-refractivity contribution in [2.24, 2.45) is 0 Å². The van der Waals surface area contributed by atoms with Gasteiger partial charge in [0.15, 0.2) is 0 Å². The van der Waals surface area contributed by atoms with Gasteiger partial charge in [0.05, 0.1) is 7.11 Å². The lowest BCUT2D eigenvalue weighted by molar-refractivity contribution is 0.414. The van der Waals surface area contributed by atoms with Gasteiger partial charge in [-0.05, 0) is 42.8 Å². The number of rotatable bonds is 4. The number of nitrogens with one attached hydrogen (secondary N) is 3. The van der Waals surface area contributed by atoms with E-state index in [2.05, 4.69) is 30.9 Å². The number of hydrogen-bond acceptors (Lipinski definition) is 7. The molecule has 0 spiro atoms. The Hall–Kier alpha value is -3.35. The van der Waals surface area contributed by atoms with E-state index in [0.717, 1.165) is 23.2 Å². The first-order valence-electron chi connectivity index (χ1n) is 8.50. The number of nitrogens with zero attached hydrogens (tertiary/aromatic N) is 3. The Balaban J connectivity index is 0. The first-order valence-corrected chi connectivity index (χ1v) is 8.50. The number of aryl methyl sites for hydroxylation is 1. The molecular weight excluding hydrogens is 364 g/mol. The van der Waals surface area contributed by atoms with Crippen LogP contribution in [0.1, 0.15) is 20.4 Å². The zero-order chi connectivity index (χ0) is 19.9. The van der Waals surface area contributed by atoms with Gasteiger partial charge in [0.2, 0.25) is 0 Å². The first-order chi connectivity index (χ1) is 13.1. The Kier molecular flexibility index (Phi) is 16.1. The summed E-state index contributed by atoms with van der Waals surface area (Å²) in [6.07, 6.45) is 5.25. The maximum absolute atomic E-state index is 4.98. The van der Waals surface area contributed by atoms with Crippen molar-refractivity contribution in [3.05, 3.63) is 66.6 Å². The van der Waals surface area contributed by atoms with Crippen LogP contribution in [0.2, 0.25) is 0 Å². The summed E-state index contributed by atoms with van der Waals surface area (Å²) in [6, 6.07) is 13.4. The Bertz CT molecular complexity index is 749. The second kappa shape index (κ2) is 16.8. The fraction of sp³-hybridized carbons (Fsp3) is 0.318. The van der Waals surface area contributed by atoms with Gasteiger partial charge in [-0.25, -0.2) is 15.0 Å². The molecule has 0 bridgehead atoms. The van der Waals surface area contributed by atoms with Crippen molar-refractivity contribution in [2.75, 3.05) is 44.2 Å². The highest BCUT2D eigenvalue weighted by Crippen LogP contribution is 2.12. The fourth-order valence-electron chi connectivity index (χ4n) is 1.86. The van der Waals surface area contributed by atoms with Gasteiger partial charge in [0, 0.05) is 45.8 Å². The average Bonchev–Trinajstić information content (AvgIpc) is 2.75. The predicted molar refractivity (Wildman–Crippen MR) is 126 cm³/mol. The molecular formula is C22H36N6O. The van der Waals surface area contributed by atoms with Crippen LogP contribution >= 0.6 is 0 Å². The second-order valence-corrected chi connectivity index (χ2v) is 5.26. The third kappa shape index (κ3) is 11.9. The van der Waals surface area contributed by atoms with Crippen molar-refractivity contribution in [3.8, 4) is 5.75 Å². The van der Waals surface area contributed by atoms with E-state index in [9.17, 15) is 0 Å². The molecule has 0 radical (unpaired) electrons. The topological polar surface area (TPSA) is 84.0 Å². The van der Waals surface area contributed by atoms with Gasteiger partial charge in [0.1, 0.15) is 23.2 Å². The number of ether oxygens (including phenoxy) is 1. The smallest absolute Gasteiger partial charge is 0.129 e. The number of hydrogen-bond donors (Lipinski definition) is 3. The summed E-state index contributed by atoms with van der Waals surface area (Å²) >= 11 is 0. The van der Waals surface area contributed by atoms with E-state index < -0.39 is 0 Å². The van der Waals surface area contributed by atoms with Crippen molar-refractivity contribution in [3.63, 3.8) is 0 Å². The standard InChI is InChI=1S/C7H10N2O.C7H10N2.C6H8N2.2CH4/c1-8-7-5-6(10-2)3-4-9-7;1-6-3-4-9-7(5-6)8-2;1-7-6-4-2-3-5-8-6;;/h3-5H,1-2H3,(H,8,9);3-5H,1-2H3,(H,8,9);2-5H,1H3,(H,7,8);2*1H4. The monoisotopic (exact) mass is 400 g/mol. The molecule has 3 heterocycles. The summed E-state index contributed by atoms with van der Waals surface area (Å²) in [4.78, 5) is 12.0. The quantitative estimate of drug-likeness (QED) is 0.571. The van der Waals surface area contributed by atoms with Gasteiger partial charge < -0.3 is 20.7 Å². The summed E-state index contributed by atoms with van der Waals surface area (Å²) in [5.41, 5.74) is 1.23. The van der Waals surface area contributed by atoms with Crippen LogP contribution in [0.3, 0.4) is 0 Å². The zero-order valence-corrected chi connectivity index (χ0v) is 16.5. The molecule has 3 rings (SSSR count). The Morgan fingerprint density at radius 1 is 0.690 bits per heavy atom. The summed E-state index contributed by atoms with van der Waals surface area (Å²) in [5.74, 6) is 3.47. The lowest BCUT2D eigenvalue weighted by atomic mass is 10.3. The minimum absolute atomic E-state index is 0. The number of aromatic nitrogens is 3. The van der Waals surface area contributed by atoms with Crippen molar-refractivity contribution in [2.45, 2.75) is 21.8 Å². The minimum atomic E-state index is 0. The molecule has 0 aliphatic heterocycles. The van der Waals surface area contributed by atoms with E-state index in [1.165, 1.54) is 5.56 Å². The van der Waals surface area contributed by atoms with E-state index in [1.807, 2.05) is 64.5 Å². The molecule has 3 aromatic rings. The number of anilines is 3. The maximum Gasteiger partial charge on any atom is 0.129 e. The fourth-order valence-corrected chi connectivity index (χ4v) is 1.86. The second-order valence-electron chi connectivity index (χ2n) is 5.26. The van der Waals surface area contributed by atoms with Crippen LogP contribution in [0, 0.1) is 6.92 Å². The molecule has 0 saturated carbocycles. The molecule has 0 aliphatic rings. The molecule has 160 valence electrons. The Labute approximate surface area is 176 Å². The van der Waals surface area contributed by atoms with Gasteiger partial charge >= 0.3 is 0 Å². The molecule has 7 nitrogen and oxygen atoms in total. The highest BCUT2D eigenvalue weighted by atomic mass is 16.5. The summed E-state index contributed by atoms with van der Waals surface area (Å²) in [6.45, 7) is 2.04. The molecule has 0 amide bonds. The van der Waals surface area contributed by atoms with Crippen molar-refractivity contribution in [1.82, 2.24) is 15.0 Å². The predicted octanol–water partition coefficient (Wildman–Crippen LogP) is 4.96. The summed E-state index contributed by atoms with van der Waals surface area (Å²) in [5, 5.41) is 8.78. The van der Waals surface area contributed by atoms with Crippen molar-refractivity contribution < 1.29 is 4.74 Å². The van der Waals surface area contributed by atoms with E-state index in [4.69, 9.17) is 4.74 Å². The molecule has 0 aliphatic carbocycles. The minimum Gasteiger partial charge on any atom is -0.497 e. The molecule has 0 fully saturated rings. The highest BCUT2D eigenvalue weighted by molar-refractivity contribution is 5.39. The SMILES string of the molecule is C.C.CNc1cc(C)ccn1.CNc1cc(OC)ccn1.CNc1ccccn1. The van der Waals surface area contributed by atoms with Gasteiger partial charge in [-0.15, -0.1) is 0 Å². The van der Waals surface area contributed by atoms with E-state index in [1.54, 1.807) is 31.8 Å². The maximum atomic E-state index is 4.98. The van der Waals surface area contributed by atoms with Crippen LogP contribution in [0.25, 0.3) is 0 Å². The molecule has 29 heavy (non-hydrogen) atoms. The van der Waals surface area contributed by atoms with Crippen LogP contribution in [0.5, 0.6) is 5.75 Å². The first kappa shape index (κ1) is 27.9. The van der Waals surface area contributed by atoms with Crippen LogP contribution in [0.15, 0.2) is 61.1 Å². The molecule has 3 N–H and O–H groups in total. The van der Waals surface area contributed by atoms with E-state index in [0.29, 0.717) is 0 Å². The lowest BCUT2D eigenvalue weighted by Crippen LogP contribution is -1.92. The van der Waals surface area contributed by atoms with Crippen molar-refractivity contribution in [1.29, 1.82) is 0 Å². The third-order valence-electron chi connectivity index (χ3n) is 3.32. The van der Waals surface area contributed by atoms with Crippen LogP contribution in [-0.4, -0.2) is 43.2 Å². The number of methoxy groups -OCH3 is 1. The van der Waals surface area contributed by atoms with Gasteiger partial charge in [-0.2, -0.15) is 0 Å². The number of pyridine rings is 3. The Morgan fingerprint density at radius 3 is 1.66 bits per heavy atom. The lowest BCUT2D eigenvalue weighted by Gasteiger charge is -2.00. The van der Waals surface area contributed by atoms with Gasteiger partial charge in [0.25, 0.3) is 0 Å². The van der Waals surface area contributed by atoms with E-state index >= 15 is 0 Å². The Morgan fingerprint density at radius 2 is 1.24 bits per heavy atom. The van der Waals surface area contributed by atoms with Gasteiger partial charge in [-0.3, -0.25) is 0 Å². The normalized spacial score (nSPS) is 8.31. The van der Waals surface area contributed by atoms with Crippen LogP contribution in [0.4, 0.5) is 17.5 Å². The average molecular weight is 401 g/mol. The molecule has 0 aromatic carbocycles. The summed E-state index contributed by atoms with van der Waals surface area (Å²) in [7, 11) is 7.17. The van der Waals surface area contributed by atoms with Crippen LogP contribution in [-0.2, 0) is 0 Å². The third-order valence-corrected chi connectivity index (χ3v) is 3.32. The largest absolute Gasteiger partial charge is 0.497 e. The zero-order valence-electron chi connectivity index (χ0n) is 16.5. The van der Waals surface area contributed by atoms with Crippen LogP contribution < -0.4 is 20.7 Å². The molecule has 3 aromatic heterocycles. The molecule has 0 saturated heterocycles. The molecule has 0 atom stereocenters. The summed E-state index contributed by atoms with van der Waals surface area (Å²) < 4.78 is 4.98. The van der Waals surface area contributed by atoms with Gasteiger partial charge in [-0.1, -0.05) is 20.9 Å². The van der Waals surface area contributed by atoms with Crippen molar-refractivity contribution >= 4 is 17.5 Å². The molecule has 0 unspecified atom stereocenters. The van der Waals surface area contributed by atoms with E-state index in [-0.39, 0.29) is 14.9 Å². The molecule has 7 heteroatoms.